The molecule has 1 N–H and O–H groups in total. The van der Waals surface area contributed by atoms with Gasteiger partial charge in [-0.1, -0.05) is 18.5 Å². The zero-order valence-electron chi connectivity index (χ0n) is 9.57. The monoisotopic (exact) mass is 256 g/mol. The van der Waals surface area contributed by atoms with Crippen LogP contribution in [0.3, 0.4) is 0 Å². The molecular formula is C12H13ClO4. The van der Waals surface area contributed by atoms with Gasteiger partial charge in [-0.25, -0.2) is 4.79 Å². The number of hydrogen-bond acceptors (Lipinski definition) is 3. The number of Topliss-reactive ketones (excluding diaryl/α,β-unsaturated/α-hetero) is 1. The third kappa shape index (κ3) is 3.46. The molecule has 0 aliphatic heterocycles. The van der Waals surface area contributed by atoms with Crippen LogP contribution in [0.25, 0.3) is 0 Å². The maximum atomic E-state index is 11.7. The molecule has 1 rings (SSSR count). The number of ether oxygens (including phenoxy) is 1. The van der Waals surface area contributed by atoms with Crippen LogP contribution in [0, 0.1) is 0 Å². The van der Waals surface area contributed by atoms with Crippen LogP contribution in [0.15, 0.2) is 18.2 Å². The number of carbonyl (C=O) groups excluding carboxylic acids is 1. The number of rotatable bonds is 5. The molecule has 0 fully saturated rings. The van der Waals surface area contributed by atoms with E-state index < -0.39 is 12.1 Å². The summed E-state index contributed by atoms with van der Waals surface area (Å²) in [6, 6.07) is 4.54. The van der Waals surface area contributed by atoms with Gasteiger partial charge in [0.1, 0.15) is 5.75 Å². The summed E-state index contributed by atoms with van der Waals surface area (Å²) in [5.41, 5.74) is 0.313. The molecule has 1 aromatic rings. The summed E-state index contributed by atoms with van der Waals surface area (Å²) in [5.74, 6) is -0.980. The Labute approximate surface area is 104 Å². The van der Waals surface area contributed by atoms with E-state index in [4.69, 9.17) is 21.4 Å². The molecule has 4 nitrogen and oxygen atoms in total. The summed E-state index contributed by atoms with van der Waals surface area (Å²) in [7, 11) is 0. The van der Waals surface area contributed by atoms with Crippen molar-refractivity contribution < 1.29 is 19.4 Å². The first-order chi connectivity index (χ1) is 7.95. The summed E-state index contributed by atoms with van der Waals surface area (Å²) < 4.78 is 5.21. The number of ketones is 1. The third-order valence-corrected chi connectivity index (χ3v) is 2.45. The summed E-state index contributed by atoms with van der Waals surface area (Å²) >= 11 is 5.79. The fraction of sp³-hybridized carbons (Fsp3) is 0.333. The van der Waals surface area contributed by atoms with E-state index >= 15 is 0 Å². The molecule has 0 amide bonds. The largest absolute Gasteiger partial charge is 0.479 e. The average molecular weight is 257 g/mol. The van der Waals surface area contributed by atoms with Crippen LogP contribution in [-0.4, -0.2) is 23.0 Å². The molecule has 0 aliphatic carbocycles. The fourth-order valence-corrected chi connectivity index (χ4v) is 1.43. The minimum absolute atomic E-state index is 0.139. The second-order valence-electron chi connectivity index (χ2n) is 3.52. The molecular weight excluding hydrogens is 244 g/mol. The lowest BCUT2D eigenvalue weighted by molar-refractivity contribution is -0.144. The molecule has 0 unspecified atom stereocenters. The van der Waals surface area contributed by atoms with Crippen molar-refractivity contribution in [2.45, 2.75) is 26.4 Å². The average Bonchev–Trinajstić information content (AvgIpc) is 2.30. The van der Waals surface area contributed by atoms with Gasteiger partial charge in [0.25, 0.3) is 0 Å². The van der Waals surface area contributed by atoms with E-state index in [0.717, 1.165) is 0 Å². The van der Waals surface area contributed by atoms with Gasteiger partial charge in [0, 0.05) is 11.4 Å². The third-order valence-electron chi connectivity index (χ3n) is 2.21. The smallest absolute Gasteiger partial charge is 0.344 e. The molecule has 0 heterocycles. The highest BCUT2D eigenvalue weighted by Gasteiger charge is 2.17. The summed E-state index contributed by atoms with van der Waals surface area (Å²) in [5, 5.41) is 9.16. The van der Waals surface area contributed by atoms with Gasteiger partial charge in [-0.15, -0.1) is 0 Å². The number of aliphatic carboxylic acids is 1. The second kappa shape index (κ2) is 5.68. The van der Waals surface area contributed by atoms with Crippen molar-refractivity contribution in [3.05, 3.63) is 28.8 Å². The quantitative estimate of drug-likeness (QED) is 0.823. The van der Waals surface area contributed by atoms with Crippen LogP contribution in [0.1, 0.15) is 30.6 Å². The van der Waals surface area contributed by atoms with Crippen LogP contribution in [0.4, 0.5) is 0 Å². The molecule has 0 bridgehead atoms. The zero-order valence-corrected chi connectivity index (χ0v) is 10.3. The van der Waals surface area contributed by atoms with Crippen molar-refractivity contribution in [2.24, 2.45) is 0 Å². The van der Waals surface area contributed by atoms with Gasteiger partial charge in [0.2, 0.25) is 0 Å². The Bertz CT molecular complexity index is 442. The maximum Gasteiger partial charge on any atom is 0.344 e. The Morgan fingerprint density at radius 3 is 2.65 bits per heavy atom. The number of benzene rings is 1. The van der Waals surface area contributed by atoms with Gasteiger partial charge >= 0.3 is 5.97 Å². The highest BCUT2D eigenvalue weighted by molar-refractivity contribution is 6.31. The van der Waals surface area contributed by atoms with Crippen LogP contribution in [0.2, 0.25) is 5.02 Å². The van der Waals surface area contributed by atoms with Gasteiger partial charge in [-0.3, -0.25) is 4.79 Å². The SMILES string of the molecule is CCC(=O)c1cc(Cl)ccc1O[C@@H](C)C(=O)O. The van der Waals surface area contributed by atoms with Crippen LogP contribution < -0.4 is 4.74 Å². The molecule has 1 aromatic carbocycles. The van der Waals surface area contributed by atoms with Gasteiger partial charge in [0.05, 0.1) is 5.56 Å². The molecule has 0 saturated heterocycles. The lowest BCUT2D eigenvalue weighted by Crippen LogP contribution is -2.23. The Kier molecular flexibility index (Phi) is 4.52. The predicted octanol–water partition coefficient (Wildman–Crippen LogP) is 2.78. The topological polar surface area (TPSA) is 63.6 Å². The summed E-state index contributed by atoms with van der Waals surface area (Å²) in [6.07, 6.45) is -0.711. The Morgan fingerprint density at radius 1 is 1.47 bits per heavy atom. The van der Waals surface area contributed by atoms with E-state index in [2.05, 4.69) is 0 Å². The molecule has 0 spiro atoms. The number of carbonyl (C=O) groups is 2. The lowest BCUT2D eigenvalue weighted by atomic mass is 10.1. The molecule has 92 valence electrons. The van der Waals surface area contributed by atoms with Gasteiger partial charge in [-0.05, 0) is 25.1 Å². The molecule has 5 heteroatoms. The van der Waals surface area contributed by atoms with Crippen molar-refractivity contribution in [3.63, 3.8) is 0 Å². The Balaban J connectivity index is 3.06. The first-order valence-electron chi connectivity index (χ1n) is 5.18. The van der Waals surface area contributed by atoms with Crippen molar-refractivity contribution in [1.82, 2.24) is 0 Å². The first-order valence-corrected chi connectivity index (χ1v) is 5.55. The Morgan fingerprint density at radius 2 is 2.12 bits per heavy atom. The minimum atomic E-state index is -1.09. The van der Waals surface area contributed by atoms with Crippen LogP contribution >= 0.6 is 11.6 Å². The summed E-state index contributed by atoms with van der Waals surface area (Å²) in [6.45, 7) is 3.12. The molecule has 17 heavy (non-hydrogen) atoms. The molecule has 1 atom stereocenters. The van der Waals surface area contributed by atoms with Crippen molar-refractivity contribution in [2.75, 3.05) is 0 Å². The van der Waals surface area contributed by atoms with Gasteiger partial charge < -0.3 is 9.84 Å². The lowest BCUT2D eigenvalue weighted by Gasteiger charge is -2.13. The van der Waals surface area contributed by atoms with Crippen molar-refractivity contribution in [1.29, 1.82) is 0 Å². The minimum Gasteiger partial charge on any atom is -0.479 e. The Hall–Kier alpha value is -1.55. The standard InChI is InChI=1S/C12H13ClO4/c1-3-10(14)9-6-8(13)4-5-11(9)17-7(2)12(15)16/h4-7H,3H2,1-2H3,(H,15,16)/t7-/m0/s1. The number of carboxylic acid groups (broad SMARTS) is 1. The molecule has 0 radical (unpaired) electrons. The fourth-order valence-electron chi connectivity index (χ4n) is 1.25. The first kappa shape index (κ1) is 13.5. The second-order valence-corrected chi connectivity index (χ2v) is 3.95. The van der Waals surface area contributed by atoms with Crippen LogP contribution in [-0.2, 0) is 4.79 Å². The predicted molar refractivity (Wildman–Crippen MR) is 63.8 cm³/mol. The van der Waals surface area contributed by atoms with E-state index in [1.54, 1.807) is 13.0 Å². The molecule has 0 aromatic heterocycles. The highest BCUT2D eigenvalue weighted by Crippen LogP contribution is 2.25. The van der Waals surface area contributed by atoms with Crippen LogP contribution in [0.5, 0.6) is 5.75 Å². The summed E-state index contributed by atoms with van der Waals surface area (Å²) in [4.78, 5) is 22.3. The molecule has 0 saturated carbocycles. The number of halogens is 1. The maximum absolute atomic E-state index is 11.7. The van der Waals surface area contributed by atoms with E-state index in [0.29, 0.717) is 17.0 Å². The van der Waals surface area contributed by atoms with Gasteiger partial charge in [-0.2, -0.15) is 0 Å². The van der Waals surface area contributed by atoms with E-state index in [9.17, 15) is 9.59 Å². The number of hydrogen-bond donors (Lipinski definition) is 1. The van der Waals surface area contributed by atoms with Crippen molar-refractivity contribution in [3.8, 4) is 5.75 Å². The highest BCUT2D eigenvalue weighted by atomic mass is 35.5. The van der Waals surface area contributed by atoms with E-state index in [1.165, 1.54) is 19.1 Å². The van der Waals surface area contributed by atoms with E-state index in [1.807, 2.05) is 0 Å². The van der Waals surface area contributed by atoms with E-state index in [-0.39, 0.29) is 11.5 Å². The van der Waals surface area contributed by atoms with Crippen molar-refractivity contribution >= 4 is 23.4 Å². The number of carboxylic acids is 1. The van der Waals surface area contributed by atoms with Gasteiger partial charge in [0.15, 0.2) is 11.9 Å². The normalized spacial score (nSPS) is 11.9. The molecule has 0 aliphatic rings. The zero-order chi connectivity index (χ0) is 13.0.